The highest BCUT2D eigenvalue weighted by molar-refractivity contribution is 8.26. The second-order valence-corrected chi connectivity index (χ2v) is 10.5. The third kappa shape index (κ3) is 4.34. The van der Waals surface area contributed by atoms with Gasteiger partial charge in [0, 0.05) is 38.4 Å². The number of pyridine rings is 1. The van der Waals surface area contributed by atoms with Crippen molar-refractivity contribution in [2.24, 2.45) is 0 Å². The zero-order chi connectivity index (χ0) is 22.9. The first-order valence-electron chi connectivity index (χ1n) is 11.8. The zero-order valence-corrected chi connectivity index (χ0v) is 20.5. The number of rotatable bonds is 4. The van der Waals surface area contributed by atoms with Gasteiger partial charge in [-0.15, -0.1) is 0 Å². The smallest absolute Gasteiger partial charge is 0.267 e. The summed E-state index contributed by atoms with van der Waals surface area (Å²) in [7, 11) is 0. The monoisotopic (exact) mass is 483 g/mol. The van der Waals surface area contributed by atoms with Gasteiger partial charge in [0.05, 0.1) is 10.5 Å². The summed E-state index contributed by atoms with van der Waals surface area (Å²) in [4.78, 5) is 38.6. The van der Waals surface area contributed by atoms with E-state index in [1.807, 2.05) is 18.2 Å². The maximum absolute atomic E-state index is 13.5. The van der Waals surface area contributed by atoms with Gasteiger partial charge in [0.15, 0.2) is 0 Å². The third-order valence-electron chi connectivity index (χ3n) is 6.91. The van der Waals surface area contributed by atoms with Gasteiger partial charge in [-0.25, -0.2) is 4.98 Å². The molecule has 1 amide bonds. The fourth-order valence-electron chi connectivity index (χ4n) is 5.00. The van der Waals surface area contributed by atoms with Crippen LogP contribution in [0.1, 0.15) is 44.6 Å². The third-order valence-corrected chi connectivity index (χ3v) is 8.24. The molecule has 0 aromatic carbocycles. The summed E-state index contributed by atoms with van der Waals surface area (Å²) in [6, 6.07) is 5.73. The van der Waals surface area contributed by atoms with Gasteiger partial charge in [0.25, 0.3) is 11.5 Å². The summed E-state index contributed by atoms with van der Waals surface area (Å²) in [5, 5.41) is 0. The molecule has 2 aliphatic heterocycles. The van der Waals surface area contributed by atoms with E-state index in [1.54, 1.807) is 21.6 Å². The van der Waals surface area contributed by atoms with Gasteiger partial charge in [0.2, 0.25) is 0 Å². The molecule has 0 spiro atoms. The predicted octanol–water partition coefficient (Wildman–Crippen LogP) is 3.37. The summed E-state index contributed by atoms with van der Waals surface area (Å²) in [5.41, 5.74) is 0.923. The predicted molar refractivity (Wildman–Crippen MR) is 138 cm³/mol. The molecule has 174 valence electrons. The normalized spacial score (nSPS) is 22.2. The Bertz CT molecular complexity index is 1160. The SMILES string of the molecule is CCN1CCN(c2nc3ccccn3c(=O)c2C=C2SC(=S)N(C3CCCCC3)C2=O)CC1. The van der Waals surface area contributed by atoms with Crippen molar-refractivity contribution in [3.63, 3.8) is 0 Å². The van der Waals surface area contributed by atoms with Crippen LogP contribution in [0.2, 0.25) is 0 Å². The highest BCUT2D eigenvalue weighted by Crippen LogP contribution is 2.37. The number of thiocarbonyl (C=S) groups is 1. The molecule has 2 saturated heterocycles. The van der Waals surface area contributed by atoms with Crippen LogP contribution >= 0.6 is 24.0 Å². The van der Waals surface area contributed by atoms with E-state index in [-0.39, 0.29) is 17.5 Å². The maximum atomic E-state index is 13.5. The lowest BCUT2D eigenvalue weighted by Crippen LogP contribution is -2.47. The van der Waals surface area contributed by atoms with Crippen molar-refractivity contribution in [3.05, 3.63) is 45.2 Å². The highest BCUT2D eigenvalue weighted by atomic mass is 32.2. The van der Waals surface area contributed by atoms with E-state index in [1.165, 1.54) is 18.2 Å². The first-order chi connectivity index (χ1) is 16.1. The largest absolute Gasteiger partial charge is 0.353 e. The van der Waals surface area contributed by atoms with E-state index < -0.39 is 0 Å². The Morgan fingerprint density at radius 1 is 1.12 bits per heavy atom. The molecule has 0 atom stereocenters. The molecule has 5 rings (SSSR count). The van der Waals surface area contributed by atoms with Crippen molar-refractivity contribution in [1.82, 2.24) is 19.2 Å². The zero-order valence-electron chi connectivity index (χ0n) is 18.9. The van der Waals surface area contributed by atoms with Crippen LogP contribution in [0, 0.1) is 0 Å². The topological polar surface area (TPSA) is 61.2 Å². The molecule has 33 heavy (non-hydrogen) atoms. The van der Waals surface area contributed by atoms with E-state index in [0.717, 1.165) is 58.4 Å². The molecule has 0 unspecified atom stereocenters. The van der Waals surface area contributed by atoms with Crippen LogP contribution in [0.4, 0.5) is 5.82 Å². The lowest BCUT2D eigenvalue weighted by molar-refractivity contribution is -0.124. The summed E-state index contributed by atoms with van der Waals surface area (Å²) in [5.74, 6) is 0.584. The number of fused-ring (bicyclic) bond motifs is 1. The lowest BCUT2D eigenvalue weighted by atomic mass is 9.94. The number of likely N-dealkylation sites (N-methyl/N-ethyl adjacent to an activating group) is 1. The Hall–Kier alpha value is -2.23. The molecule has 0 radical (unpaired) electrons. The van der Waals surface area contributed by atoms with Gasteiger partial charge in [-0.05, 0) is 37.6 Å². The van der Waals surface area contributed by atoms with Crippen LogP contribution in [0.15, 0.2) is 34.1 Å². The van der Waals surface area contributed by atoms with Crippen molar-refractivity contribution >= 4 is 51.7 Å². The summed E-state index contributed by atoms with van der Waals surface area (Å²) in [6.07, 6.45) is 8.93. The minimum atomic E-state index is -0.156. The van der Waals surface area contributed by atoms with Gasteiger partial charge in [-0.2, -0.15) is 0 Å². The van der Waals surface area contributed by atoms with Gasteiger partial charge in [-0.3, -0.25) is 18.9 Å². The minimum Gasteiger partial charge on any atom is -0.353 e. The number of hydrogen-bond acceptors (Lipinski definition) is 7. The molecule has 2 aromatic heterocycles. The quantitative estimate of drug-likeness (QED) is 0.488. The van der Waals surface area contributed by atoms with Gasteiger partial charge >= 0.3 is 0 Å². The van der Waals surface area contributed by atoms with Gasteiger partial charge in [0.1, 0.15) is 15.8 Å². The van der Waals surface area contributed by atoms with Gasteiger partial charge in [-0.1, -0.05) is 56.2 Å². The number of thioether (sulfide) groups is 1. The number of anilines is 1. The Morgan fingerprint density at radius 2 is 1.88 bits per heavy atom. The van der Waals surface area contributed by atoms with Crippen LogP contribution in [-0.2, 0) is 4.79 Å². The fourth-order valence-corrected chi connectivity index (χ4v) is 6.38. The maximum Gasteiger partial charge on any atom is 0.267 e. The molecule has 3 fully saturated rings. The lowest BCUT2D eigenvalue weighted by Gasteiger charge is -2.35. The molecule has 1 saturated carbocycles. The fraction of sp³-hybridized carbons (Fsp3) is 0.500. The van der Waals surface area contributed by atoms with Crippen LogP contribution in [-0.4, -0.2) is 68.2 Å². The van der Waals surface area contributed by atoms with Crippen LogP contribution in [0.25, 0.3) is 11.7 Å². The number of aromatic nitrogens is 2. The molecule has 0 bridgehead atoms. The van der Waals surface area contributed by atoms with Crippen LogP contribution in [0.3, 0.4) is 0 Å². The molecule has 9 heteroatoms. The first kappa shape index (κ1) is 22.6. The summed E-state index contributed by atoms with van der Waals surface area (Å²) in [6.45, 7) is 6.62. The van der Waals surface area contributed by atoms with Crippen molar-refractivity contribution in [2.75, 3.05) is 37.6 Å². The second-order valence-electron chi connectivity index (χ2n) is 8.85. The van der Waals surface area contributed by atoms with Crippen LogP contribution in [0.5, 0.6) is 0 Å². The van der Waals surface area contributed by atoms with E-state index in [4.69, 9.17) is 17.2 Å². The Balaban J connectivity index is 1.55. The number of hydrogen-bond donors (Lipinski definition) is 0. The second kappa shape index (κ2) is 9.56. The van der Waals surface area contributed by atoms with Crippen molar-refractivity contribution in [1.29, 1.82) is 0 Å². The van der Waals surface area contributed by atoms with Crippen molar-refractivity contribution in [2.45, 2.75) is 45.1 Å². The van der Waals surface area contributed by atoms with Crippen molar-refractivity contribution < 1.29 is 4.79 Å². The van der Waals surface area contributed by atoms with E-state index in [2.05, 4.69) is 16.7 Å². The number of carbonyl (C=O) groups is 1. The summed E-state index contributed by atoms with van der Waals surface area (Å²) >= 11 is 6.91. The molecule has 2 aromatic rings. The molecule has 1 aliphatic carbocycles. The number of piperazine rings is 1. The standard InChI is InChI=1S/C24H29N5O2S2/c1-2-26-12-14-27(15-13-26)21-18(22(30)28-11-7-6-10-20(28)25-21)16-19-23(31)29(24(32)33-19)17-8-4-3-5-9-17/h6-7,10-11,16-17H,2-5,8-9,12-15H2,1H3. The number of carbonyl (C=O) groups excluding carboxylic acids is 1. The van der Waals surface area contributed by atoms with Crippen LogP contribution < -0.4 is 10.5 Å². The molecule has 7 nitrogen and oxygen atoms in total. The average Bonchev–Trinajstić information content (AvgIpc) is 3.14. The minimum absolute atomic E-state index is 0.0730. The molecule has 4 heterocycles. The Morgan fingerprint density at radius 3 is 2.61 bits per heavy atom. The van der Waals surface area contributed by atoms with E-state index >= 15 is 0 Å². The Kier molecular flexibility index (Phi) is 6.53. The number of amides is 1. The van der Waals surface area contributed by atoms with E-state index in [0.29, 0.717) is 26.3 Å². The van der Waals surface area contributed by atoms with Gasteiger partial charge < -0.3 is 9.80 Å². The average molecular weight is 484 g/mol. The highest BCUT2D eigenvalue weighted by Gasteiger charge is 2.38. The first-order valence-corrected chi connectivity index (χ1v) is 13.0. The molecular formula is C24H29N5O2S2. The molecule has 3 aliphatic rings. The number of nitrogens with zero attached hydrogens (tertiary/aromatic N) is 5. The molecular weight excluding hydrogens is 454 g/mol. The van der Waals surface area contributed by atoms with E-state index in [9.17, 15) is 9.59 Å². The molecule has 0 N–H and O–H groups in total. The summed E-state index contributed by atoms with van der Waals surface area (Å²) < 4.78 is 2.16. The van der Waals surface area contributed by atoms with Crippen molar-refractivity contribution in [3.8, 4) is 0 Å². The Labute approximate surface area is 203 Å².